The van der Waals surface area contributed by atoms with Crippen LogP contribution in [0.4, 0.5) is 0 Å². The maximum Gasteiger partial charge on any atom is 0.269 e. The number of amides is 1. The topological polar surface area (TPSA) is 57.8 Å². The van der Waals surface area contributed by atoms with E-state index in [4.69, 9.17) is 11.6 Å². The van der Waals surface area contributed by atoms with E-state index < -0.39 is 0 Å². The molecule has 2 rings (SSSR count). The molecule has 0 aliphatic heterocycles. The maximum absolute atomic E-state index is 11.6. The molecule has 2 unspecified atom stereocenters. The van der Waals surface area contributed by atoms with Crippen LogP contribution >= 0.6 is 11.6 Å². The number of hydrogen-bond acceptors (Lipinski definition) is 2. The number of nitrogens with zero attached hydrogens (tertiary/aromatic N) is 1. The van der Waals surface area contributed by atoms with Gasteiger partial charge in [-0.15, -0.1) is 11.6 Å². The molecule has 5 heteroatoms. The van der Waals surface area contributed by atoms with Gasteiger partial charge >= 0.3 is 0 Å². The highest BCUT2D eigenvalue weighted by atomic mass is 35.5. The van der Waals surface area contributed by atoms with Crippen molar-refractivity contribution in [2.75, 3.05) is 12.4 Å². The number of halogens is 1. The molecule has 88 valence electrons. The van der Waals surface area contributed by atoms with E-state index in [9.17, 15) is 4.79 Å². The van der Waals surface area contributed by atoms with E-state index in [-0.39, 0.29) is 5.91 Å². The Bertz CT molecular complexity index is 339. The number of nitrogens with one attached hydrogen (secondary N) is 2. The van der Waals surface area contributed by atoms with Crippen molar-refractivity contribution in [3.63, 3.8) is 0 Å². The summed E-state index contributed by atoms with van der Waals surface area (Å²) in [5.41, 5.74) is 0.514. The van der Waals surface area contributed by atoms with E-state index in [2.05, 4.69) is 15.5 Å². The standard InChI is InChI=1S/C11H16ClN3O/c12-6-8-2-1-3-9(8)7-13-11(16)10-4-5-14-15-10/h4-5,8-9H,1-3,6-7H2,(H,13,16)(H,14,15). The summed E-state index contributed by atoms with van der Waals surface area (Å²) < 4.78 is 0. The lowest BCUT2D eigenvalue weighted by molar-refractivity contribution is 0.0939. The largest absolute Gasteiger partial charge is 0.350 e. The van der Waals surface area contributed by atoms with Gasteiger partial charge in [0.25, 0.3) is 5.91 Å². The summed E-state index contributed by atoms with van der Waals surface area (Å²) in [7, 11) is 0. The maximum atomic E-state index is 11.6. The fourth-order valence-electron chi connectivity index (χ4n) is 2.29. The first-order valence-electron chi connectivity index (χ1n) is 5.65. The summed E-state index contributed by atoms with van der Waals surface area (Å²) in [5.74, 6) is 1.70. The SMILES string of the molecule is O=C(NCC1CCCC1CCl)c1ccn[nH]1. The number of aromatic amines is 1. The Balaban J connectivity index is 1.81. The summed E-state index contributed by atoms with van der Waals surface area (Å²) >= 11 is 5.89. The number of hydrogen-bond donors (Lipinski definition) is 2. The van der Waals surface area contributed by atoms with Crippen LogP contribution in [-0.4, -0.2) is 28.5 Å². The van der Waals surface area contributed by atoms with Crippen LogP contribution in [0.3, 0.4) is 0 Å². The second-order valence-corrected chi connectivity index (χ2v) is 4.59. The third kappa shape index (κ3) is 2.55. The molecule has 1 fully saturated rings. The van der Waals surface area contributed by atoms with Gasteiger partial charge in [0.15, 0.2) is 0 Å². The molecule has 2 atom stereocenters. The summed E-state index contributed by atoms with van der Waals surface area (Å²) in [5, 5.41) is 9.32. The van der Waals surface area contributed by atoms with Crippen molar-refractivity contribution >= 4 is 17.5 Å². The fraction of sp³-hybridized carbons (Fsp3) is 0.636. The van der Waals surface area contributed by atoms with Crippen molar-refractivity contribution < 1.29 is 4.79 Å². The highest BCUT2D eigenvalue weighted by Crippen LogP contribution is 2.31. The monoisotopic (exact) mass is 241 g/mol. The number of carbonyl (C=O) groups is 1. The van der Waals surface area contributed by atoms with Crippen molar-refractivity contribution in [2.24, 2.45) is 11.8 Å². The molecule has 0 aromatic carbocycles. The van der Waals surface area contributed by atoms with Crippen LogP contribution in [0.2, 0.25) is 0 Å². The Morgan fingerprint density at radius 3 is 3.06 bits per heavy atom. The van der Waals surface area contributed by atoms with Crippen LogP contribution < -0.4 is 5.32 Å². The lowest BCUT2D eigenvalue weighted by Gasteiger charge is -2.17. The van der Waals surface area contributed by atoms with Gasteiger partial charge in [0.2, 0.25) is 0 Å². The van der Waals surface area contributed by atoms with Gasteiger partial charge in [0.1, 0.15) is 5.69 Å². The van der Waals surface area contributed by atoms with Crippen LogP contribution in [0.1, 0.15) is 29.8 Å². The average molecular weight is 242 g/mol. The second-order valence-electron chi connectivity index (χ2n) is 4.29. The van der Waals surface area contributed by atoms with Crippen LogP contribution in [0.15, 0.2) is 12.3 Å². The Labute approximate surface area is 99.8 Å². The molecule has 2 N–H and O–H groups in total. The minimum Gasteiger partial charge on any atom is -0.350 e. The molecule has 1 heterocycles. The van der Waals surface area contributed by atoms with Crippen molar-refractivity contribution in [1.82, 2.24) is 15.5 Å². The van der Waals surface area contributed by atoms with Gasteiger partial charge in [0.05, 0.1) is 0 Å². The predicted molar refractivity (Wildman–Crippen MR) is 62.5 cm³/mol. The van der Waals surface area contributed by atoms with Gasteiger partial charge in [0, 0.05) is 18.6 Å². The highest BCUT2D eigenvalue weighted by molar-refractivity contribution is 6.18. The molecule has 0 saturated heterocycles. The summed E-state index contributed by atoms with van der Waals surface area (Å²) in [6, 6.07) is 1.67. The summed E-state index contributed by atoms with van der Waals surface area (Å²) in [6.45, 7) is 0.718. The van der Waals surface area contributed by atoms with Crippen molar-refractivity contribution in [3.8, 4) is 0 Å². The van der Waals surface area contributed by atoms with E-state index in [0.29, 0.717) is 23.4 Å². The molecule has 16 heavy (non-hydrogen) atoms. The van der Waals surface area contributed by atoms with Crippen molar-refractivity contribution in [3.05, 3.63) is 18.0 Å². The normalized spacial score (nSPS) is 24.6. The molecule has 0 radical (unpaired) electrons. The van der Waals surface area contributed by atoms with Gasteiger partial charge < -0.3 is 5.32 Å². The first-order chi connectivity index (χ1) is 7.81. The molecular formula is C11H16ClN3O. The van der Waals surface area contributed by atoms with Gasteiger partial charge in [-0.2, -0.15) is 5.10 Å². The van der Waals surface area contributed by atoms with Gasteiger partial charge in [-0.25, -0.2) is 0 Å². The second kappa shape index (κ2) is 5.34. The highest BCUT2D eigenvalue weighted by Gasteiger charge is 2.26. The van der Waals surface area contributed by atoms with Crippen LogP contribution in [0.25, 0.3) is 0 Å². The van der Waals surface area contributed by atoms with Crippen LogP contribution in [0, 0.1) is 11.8 Å². The molecule has 0 bridgehead atoms. The predicted octanol–water partition coefficient (Wildman–Crippen LogP) is 1.79. The molecular weight excluding hydrogens is 226 g/mol. The lowest BCUT2D eigenvalue weighted by atomic mass is 9.98. The summed E-state index contributed by atoms with van der Waals surface area (Å²) in [4.78, 5) is 11.6. The Morgan fingerprint density at radius 1 is 1.56 bits per heavy atom. The Hall–Kier alpha value is -1.03. The molecule has 1 aromatic rings. The van der Waals surface area contributed by atoms with E-state index in [1.807, 2.05) is 0 Å². The van der Waals surface area contributed by atoms with Crippen molar-refractivity contribution in [1.29, 1.82) is 0 Å². The number of H-pyrrole nitrogens is 1. The van der Waals surface area contributed by atoms with Gasteiger partial charge in [-0.1, -0.05) is 6.42 Å². The smallest absolute Gasteiger partial charge is 0.269 e. The number of rotatable bonds is 4. The molecule has 1 saturated carbocycles. The first kappa shape index (κ1) is 11.5. The zero-order valence-electron chi connectivity index (χ0n) is 9.08. The Kier molecular flexibility index (Phi) is 3.83. The first-order valence-corrected chi connectivity index (χ1v) is 6.18. The fourth-order valence-corrected chi connectivity index (χ4v) is 2.69. The number of alkyl halides is 1. The molecule has 4 nitrogen and oxygen atoms in total. The minimum absolute atomic E-state index is 0.0854. The third-order valence-corrected chi connectivity index (χ3v) is 3.68. The van der Waals surface area contributed by atoms with Crippen LogP contribution in [0.5, 0.6) is 0 Å². The Morgan fingerprint density at radius 2 is 2.38 bits per heavy atom. The van der Waals surface area contributed by atoms with Gasteiger partial charge in [-0.05, 0) is 30.7 Å². The van der Waals surface area contributed by atoms with Crippen molar-refractivity contribution in [2.45, 2.75) is 19.3 Å². The van der Waals surface area contributed by atoms with E-state index >= 15 is 0 Å². The van der Waals surface area contributed by atoms with Gasteiger partial charge in [-0.3, -0.25) is 9.89 Å². The molecule has 1 aliphatic rings. The molecule has 1 aromatic heterocycles. The zero-order chi connectivity index (χ0) is 11.4. The molecule has 1 aliphatic carbocycles. The molecule has 0 spiro atoms. The average Bonchev–Trinajstić information content (AvgIpc) is 2.96. The van der Waals surface area contributed by atoms with E-state index in [1.165, 1.54) is 19.3 Å². The zero-order valence-corrected chi connectivity index (χ0v) is 9.83. The molecule has 1 amide bonds. The number of aromatic nitrogens is 2. The summed E-state index contributed by atoms with van der Waals surface area (Å²) in [6.07, 6.45) is 5.16. The number of carbonyl (C=O) groups excluding carboxylic acids is 1. The lowest BCUT2D eigenvalue weighted by Crippen LogP contribution is -2.31. The minimum atomic E-state index is -0.0854. The quantitative estimate of drug-likeness (QED) is 0.790. The third-order valence-electron chi connectivity index (χ3n) is 3.28. The van der Waals surface area contributed by atoms with E-state index in [1.54, 1.807) is 12.3 Å². The van der Waals surface area contributed by atoms with E-state index in [0.717, 1.165) is 6.54 Å². The van der Waals surface area contributed by atoms with Crippen LogP contribution in [-0.2, 0) is 0 Å².